The van der Waals surface area contributed by atoms with Crippen molar-refractivity contribution in [2.75, 3.05) is 11.1 Å². The molecular weight excluding hydrogens is 329 g/mol. The third kappa shape index (κ3) is 3.41. The van der Waals surface area contributed by atoms with Gasteiger partial charge in [0.05, 0.1) is 11.4 Å². The van der Waals surface area contributed by atoms with Crippen LogP contribution in [0.3, 0.4) is 0 Å². The van der Waals surface area contributed by atoms with Crippen LogP contribution in [0.5, 0.6) is 0 Å². The Balaban J connectivity index is 1.83. The van der Waals surface area contributed by atoms with E-state index in [0.29, 0.717) is 16.6 Å². The number of thioether (sulfide) groups is 1. The molecule has 0 unspecified atom stereocenters. The fraction of sp³-hybridized carbons (Fsp3) is 0.0588. The quantitative estimate of drug-likeness (QED) is 0.622. The molecule has 0 saturated carbocycles. The minimum atomic E-state index is -0.438. The molecule has 1 aromatic heterocycles. The van der Waals surface area contributed by atoms with E-state index in [1.165, 1.54) is 23.9 Å². The van der Waals surface area contributed by atoms with Gasteiger partial charge in [0, 0.05) is 15.8 Å². The van der Waals surface area contributed by atoms with Crippen LogP contribution >= 0.6 is 11.8 Å². The lowest BCUT2D eigenvalue weighted by molar-refractivity contribution is -0.115. The highest BCUT2D eigenvalue weighted by atomic mass is 32.2. The summed E-state index contributed by atoms with van der Waals surface area (Å²) in [5, 5.41) is 3.13. The van der Waals surface area contributed by atoms with Crippen LogP contribution in [0.1, 0.15) is 10.5 Å². The number of hydrogen-bond acceptors (Lipinski definition) is 3. The second-order valence-corrected chi connectivity index (χ2v) is 6.11. The number of para-hydroxylation sites is 1. The molecule has 3 aromatic rings. The lowest BCUT2D eigenvalue weighted by Crippen LogP contribution is -2.15. The third-order valence-electron chi connectivity index (χ3n) is 3.36. The molecule has 3 rings (SSSR count). The van der Waals surface area contributed by atoms with Crippen LogP contribution < -0.4 is 11.1 Å². The molecule has 2 aromatic carbocycles. The minimum Gasteiger partial charge on any atom is -0.369 e. The molecule has 0 aliphatic carbocycles. The summed E-state index contributed by atoms with van der Waals surface area (Å²) in [5.74, 6) is -1.10. The number of carbonyl (C=O) groups excluding carboxylic acids is 2. The molecule has 24 heavy (non-hydrogen) atoms. The summed E-state index contributed by atoms with van der Waals surface area (Å²) in [7, 11) is 0. The van der Waals surface area contributed by atoms with Gasteiger partial charge in [-0.3, -0.25) is 9.59 Å². The molecule has 122 valence electrons. The zero-order chi connectivity index (χ0) is 17.1. The van der Waals surface area contributed by atoms with Gasteiger partial charge in [0.1, 0.15) is 11.5 Å². The van der Waals surface area contributed by atoms with Crippen molar-refractivity contribution in [1.29, 1.82) is 0 Å². The molecule has 0 radical (unpaired) electrons. The van der Waals surface area contributed by atoms with Crippen molar-refractivity contribution in [3.63, 3.8) is 0 Å². The molecule has 0 fully saturated rings. The van der Waals surface area contributed by atoms with E-state index in [1.807, 2.05) is 0 Å². The first-order valence-corrected chi connectivity index (χ1v) is 8.12. The summed E-state index contributed by atoms with van der Waals surface area (Å²) >= 11 is 1.24. The SMILES string of the molecule is NC(=O)CSc1ccccc1NC(=O)c1cc2c(F)cccc2[nH]1. The van der Waals surface area contributed by atoms with Crippen LogP contribution in [-0.4, -0.2) is 22.6 Å². The molecular formula is C17H14FN3O2S. The Kier molecular flexibility index (Phi) is 4.52. The highest BCUT2D eigenvalue weighted by Gasteiger charge is 2.13. The van der Waals surface area contributed by atoms with Gasteiger partial charge in [-0.05, 0) is 30.3 Å². The van der Waals surface area contributed by atoms with Gasteiger partial charge >= 0.3 is 0 Å². The molecule has 2 amide bonds. The van der Waals surface area contributed by atoms with Crippen LogP contribution in [0, 0.1) is 5.82 Å². The smallest absolute Gasteiger partial charge is 0.272 e. The maximum Gasteiger partial charge on any atom is 0.272 e. The fourth-order valence-electron chi connectivity index (χ4n) is 2.27. The maximum atomic E-state index is 13.7. The van der Waals surface area contributed by atoms with E-state index in [2.05, 4.69) is 10.3 Å². The van der Waals surface area contributed by atoms with Gasteiger partial charge in [-0.1, -0.05) is 18.2 Å². The van der Waals surface area contributed by atoms with Crippen LogP contribution in [0.15, 0.2) is 53.4 Å². The van der Waals surface area contributed by atoms with Gasteiger partial charge in [-0.25, -0.2) is 4.39 Å². The Morgan fingerprint density at radius 2 is 1.96 bits per heavy atom. The van der Waals surface area contributed by atoms with Crippen molar-refractivity contribution >= 4 is 40.2 Å². The van der Waals surface area contributed by atoms with E-state index in [0.717, 1.165) is 4.90 Å². The second kappa shape index (κ2) is 6.76. The topological polar surface area (TPSA) is 88.0 Å². The summed E-state index contributed by atoms with van der Waals surface area (Å²) in [6, 6.07) is 13.2. The monoisotopic (exact) mass is 343 g/mol. The molecule has 1 heterocycles. The Labute approximate surface area is 141 Å². The number of fused-ring (bicyclic) bond motifs is 1. The van der Waals surface area contributed by atoms with E-state index in [9.17, 15) is 14.0 Å². The van der Waals surface area contributed by atoms with Crippen LogP contribution in [0.4, 0.5) is 10.1 Å². The van der Waals surface area contributed by atoms with E-state index >= 15 is 0 Å². The third-order valence-corrected chi connectivity index (χ3v) is 4.46. The summed E-state index contributed by atoms with van der Waals surface area (Å²) in [5.41, 5.74) is 6.52. The van der Waals surface area contributed by atoms with Crippen LogP contribution in [0.25, 0.3) is 10.9 Å². The molecule has 0 aliphatic rings. The number of hydrogen-bond donors (Lipinski definition) is 3. The van der Waals surface area contributed by atoms with Crippen molar-refractivity contribution < 1.29 is 14.0 Å². The largest absolute Gasteiger partial charge is 0.369 e. The number of nitrogens with two attached hydrogens (primary N) is 1. The van der Waals surface area contributed by atoms with Crippen molar-refractivity contribution in [3.8, 4) is 0 Å². The fourth-order valence-corrected chi connectivity index (χ4v) is 3.02. The van der Waals surface area contributed by atoms with E-state index in [1.54, 1.807) is 36.4 Å². The first-order chi connectivity index (χ1) is 11.5. The molecule has 0 spiro atoms. The molecule has 0 aliphatic heterocycles. The first kappa shape index (κ1) is 16.1. The molecule has 5 nitrogen and oxygen atoms in total. The van der Waals surface area contributed by atoms with Crippen LogP contribution in [0.2, 0.25) is 0 Å². The van der Waals surface area contributed by atoms with E-state index < -0.39 is 11.8 Å². The van der Waals surface area contributed by atoms with E-state index in [-0.39, 0.29) is 17.3 Å². The molecule has 4 N–H and O–H groups in total. The summed E-state index contributed by atoms with van der Waals surface area (Å²) in [6.07, 6.45) is 0. The number of halogens is 1. The number of nitrogens with one attached hydrogen (secondary N) is 2. The van der Waals surface area contributed by atoms with Crippen molar-refractivity contribution in [2.24, 2.45) is 5.73 Å². The van der Waals surface area contributed by atoms with Gasteiger partial charge in [0.15, 0.2) is 0 Å². The number of aromatic nitrogens is 1. The number of primary amides is 1. The Morgan fingerprint density at radius 3 is 2.71 bits per heavy atom. The number of H-pyrrole nitrogens is 1. The summed E-state index contributed by atoms with van der Waals surface area (Å²) in [6.45, 7) is 0. The van der Waals surface area contributed by atoms with Crippen molar-refractivity contribution in [2.45, 2.75) is 4.90 Å². The standard InChI is InChI=1S/C17H14FN3O2S/c18-11-4-3-6-12-10(11)8-14(20-12)17(23)21-13-5-1-2-7-15(13)24-9-16(19)22/h1-8,20H,9H2,(H2,19,22)(H,21,23). The first-order valence-electron chi connectivity index (χ1n) is 7.13. The lowest BCUT2D eigenvalue weighted by atomic mass is 10.2. The average Bonchev–Trinajstić information content (AvgIpc) is 3.00. The number of carbonyl (C=O) groups is 2. The zero-order valence-corrected chi connectivity index (χ0v) is 13.3. The second-order valence-electron chi connectivity index (χ2n) is 5.09. The molecule has 7 heteroatoms. The normalized spacial score (nSPS) is 10.7. The van der Waals surface area contributed by atoms with Gasteiger partial charge in [-0.2, -0.15) is 0 Å². The number of rotatable bonds is 5. The predicted molar refractivity (Wildman–Crippen MR) is 92.6 cm³/mol. The lowest BCUT2D eigenvalue weighted by Gasteiger charge is -2.09. The van der Waals surface area contributed by atoms with E-state index in [4.69, 9.17) is 5.73 Å². The van der Waals surface area contributed by atoms with Gasteiger partial charge < -0.3 is 16.0 Å². The van der Waals surface area contributed by atoms with Crippen LogP contribution in [-0.2, 0) is 4.79 Å². The number of benzene rings is 2. The predicted octanol–water partition coefficient (Wildman–Crippen LogP) is 3.14. The Hall–Kier alpha value is -2.80. The minimum absolute atomic E-state index is 0.116. The Morgan fingerprint density at radius 1 is 1.17 bits per heavy atom. The number of amides is 2. The zero-order valence-electron chi connectivity index (χ0n) is 12.5. The Bertz CT molecular complexity index is 923. The summed E-state index contributed by atoms with van der Waals surface area (Å²) < 4.78 is 13.7. The molecule has 0 atom stereocenters. The molecule has 0 bridgehead atoms. The van der Waals surface area contributed by atoms with Gasteiger partial charge in [-0.15, -0.1) is 11.8 Å². The number of anilines is 1. The highest BCUT2D eigenvalue weighted by Crippen LogP contribution is 2.27. The van der Waals surface area contributed by atoms with Gasteiger partial charge in [0.2, 0.25) is 5.91 Å². The van der Waals surface area contributed by atoms with Crippen molar-refractivity contribution in [3.05, 3.63) is 60.0 Å². The average molecular weight is 343 g/mol. The van der Waals surface area contributed by atoms with Crippen molar-refractivity contribution in [1.82, 2.24) is 4.98 Å². The highest BCUT2D eigenvalue weighted by molar-refractivity contribution is 8.00. The maximum absolute atomic E-state index is 13.7. The molecule has 0 saturated heterocycles. The number of aromatic amines is 1. The summed E-state index contributed by atoms with van der Waals surface area (Å²) in [4.78, 5) is 27.0. The van der Waals surface area contributed by atoms with Gasteiger partial charge in [0.25, 0.3) is 5.91 Å².